The van der Waals surface area contributed by atoms with Crippen molar-refractivity contribution in [2.75, 3.05) is 26.0 Å². The van der Waals surface area contributed by atoms with Crippen LogP contribution < -0.4 is 4.74 Å². The number of hydrogen-bond donors (Lipinski definition) is 0. The molecule has 4 rings (SSSR count). The van der Waals surface area contributed by atoms with E-state index in [2.05, 4.69) is 10.2 Å². The zero-order valence-electron chi connectivity index (χ0n) is 17.0. The van der Waals surface area contributed by atoms with Crippen LogP contribution in [0.3, 0.4) is 0 Å². The number of amides is 1. The van der Waals surface area contributed by atoms with E-state index < -0.39 is 0 Å². The third-order valence-electron chi connectivity index (χ3n) is 5.30. The Bertz CT molecular complexity index is 1080. The quantitative estimate of drug-likeness (QED) is 0.439. The third kappa shape index (κ3) is 4.48. The number of nitrogens with zero attached hydrogens (tertiary/aromatic N) is 3. The summed E-state index contributed by atoms with van der Waals surface area (Å²) in [5.74, 6) is 1.37. The molecule has 3 aromatic rings. The molecule has 1 saturated heterocycles. The molecule has 156 valence electrons. The maximum absolute atomic E-state index is 13.1. The van der Waals surface area contributed by atoms with Crippen molar-refractivity contribution in [3.05, 3.63) is 47.9 Å². The number of methoxy groups -OCH3 is 1. The molecule has 1 fully saturated rings. The SMILES string of the molecule is COc1ccc2cc(C(=O)[C@@H]3CCCN(C(=O)CSc4nnc(C)o4)C3)ccc2c1. The van der Waals surface area contributed by atoms with Crippen LogP contribution in [0.25, 0.3) is 10.8 Å². The maximum atomic E-state index is 13.1. The molecular formula is C22H23N3O4S. The lowest BCUT2D eigenvalue weighted by atomic mass is 9.89. The Morgan fingerprint density at radius 3 is 2.77 bits per heavy atom. The topological polar surface area (TPSA) is 85.5 Å². The van der Waals surface area contributed by atoms with Crippen LogP contribution in [0.5, 0.6) is 5.75 Å². The van der Waals surface area contributed by atoms with Crippen LogP contribution in [0.15, 0.2) is 46.0 Å². The number of ether oxygens (including phenoxy) is 1. The van der Waals surface area contributed by atoms with Gasteiger partial charge in [0.15, 0.2) is 5.78 Å². The van der Waals surface area contributed by atoms with Crippen molar-refractivity contribution < 1.29 is 18.7 Å². The second-order valence-corrected chi connectivity index (χ2v) is 8.27. The van der Waals surface area contributed by atoms with E-state index in [-0.39, 0.29) is 23.4 Å². The Morgan fingerprint density at radius 2 is 2.00 bits per heavy atom. The molecule has 2 heterocycles. The Morgan fingerprint density at radius 1 is 1.20 bits per heavy atom. The summed E-state index contributed by atoms with van der Waals surface area (Å²) >= 11 is 1.23. The lowest BCUT2D eigenvalue weighted by Gasteiger charge is -2.32. The summed E-state index contributed by atoms with van der Waals surface area (Å²) in [5.41, 5.74) is 0.683. The Balaban J connectivity index is 1.41. The van der Waals surface area contributed by atoms with Gasteiger partial charge in [0.2, 0.25) is 11.8 Å². The average molecular weight is 426 g/mol. The second-order valence-electron chi connectivity index (χ2n) is 7.35. The number of piperidine rings is 1. The highest BCUT2D eigenvalue weighted by Crippen LogP contribution is 2.26. The van der Waals surface area contributed by atoms with Crippen LogP contribution >= 0.6 is 11.8 Å². The number of ketones is 1. The molecule has 1 atom stereocenters. The number of carbonyl (C=O) groups excluding carboxylic acids is 2. The highest BCUT2D eigenvalue weighted by atomic mass is 32.2. The number of aryl methyl sites for hydroxylation is 1. The summed E-state index contributed by atoms with van der Waals surface area (Å²) in [5, 5.41) is 10.1. The van der Waals surface area contributed by atoms with Gasteiger partial charge < -0.3 is 14.1 Å². The van der Waals surface area contributed by atoms with E-state index in [9.17, 15) is 9.59 Å². The molecule has 0 unspecified atom stereocenters. The highest BCUT2D eigenvalue weighted by Gasteiger charge is 2.29. The van der Waals surface area contributed by atoms with Gasteiger partial charge in [-0.2, -0.15) is 0 Å². The molecule has 1 aromatic heterocycles. The van der Waals surface area contributed by atoms with Crippen molar-refractivity contribution in [3.63, 3.8) is 0 Å². The molecule has 0 radical (unpaired) electrons. The van der Waals surface area contributed by atoms with Gasteiger partial charge in [-0.25, -0.2) is 0 Å². The van der Waals surface area contributed by atoms with Crippen molar-refractivity contribution in [1.82, 2.24) is 15.1 Å². The van der Waals surface area contributed by atoms with E-state index in [0.29, 0.717) is 29.8 Å². The van der Waals surface area contributed by atoms with Gasteiger partial charge in [0.05, 0.1) is 12.9 Å². The van der Waals surface area contributed by atoms with Crippen LogP contribution in [0.2, 0.25) is 0 Å². The van der Waals surface area contributed by atoms with E-state index >= 15 is 0 Å². The van der Waals surface area contributed by atoms with E-state index in [1.807, 2.05) is 36.4 Å². The van der Waals surface area contributed by atoms with Gasteiger partial charge in [-0.05, 0) is 41.8 Å². The lowest BCUT2D eigenvalue weighted by Crippen LogP contribution is -2.43. The number of rotatable bonds is 6. The fraction of sp³-hybridized carbons (Fsp3) is 0.364. The molecular weight excluding hydrogens is 402 g/mol. The number of thioether (sulfide) groups is 1. The number of likely N-dealkylation sites (tertiary alicyclic amines) is 1. The standard InChI is InChI=1S/C22H23N3O4S/c1-14-23-24-22(29-14)30-13-20(26)25-9-3-4-18(12-25)21(27)17-6-5-16-11-19(28-2)8-7-15(16)10-17/h5-8,10-11,18H,3-4,9,12-13H2,1-2H3/t18-/m1/s1. The normalized spacial score (nSPS) is 16.6. The van der Waals surface area contributed by atoms with Crippen LogP contribution in [0.4, 0.5) is 0 Å². The molecule has 0 aliphatic carbocycles. The van der Waals surface area contributed by atoms with Crippen molar-refractivity contribution in [1.29, 1.82) is 0 Å². The first-order chi connectivity index (χ1) is 14.5. The lowest BCUT2D eigenvalue weighted by molar-refractivity contribution is -0.129. The molecule has 0 bridgehead atoms. The largest absolute Gasteiger partial charge is 0.497 e. The number of hydrogen-bond acceptors (Lipinski definition) is 7. The Labute approximate surface area is 178 Å². The summed E-state index contributed by atoms with van der Waals surface area (Å²) in [6.45, 7) is 2.83. The second kappa shape index (κ2) is 8.87. The molecule has 0 spiro atoms. The van der Waals surface area contributed by atoms with Crippen molar-refractivity contribution >= 4 is 34.2 Å². The molecule has 2 aromatic carbocycles. The molecule has 1 amide bonds. The Hall–Kier alpha value is -2.87. The average Bonchev–Trinajstić information content (AvgIpc) is 3.21. The first-order valence-electron chi connectivity index (χ1n) is 9.86. The van der Waals surface area contributed by atoms with Crippen LogP contribution in [-0.2, 0) is 4.79 Å². The predicted octanol–water partition coefficient (Wildman–Crippen LogP) is 3.75. The highest BCUT2D eigenvalue weighted by molar-refractivity contribution is 7.99. The summed E-state index contributed by atoms with van der Waals surface area (Å²) in [6.07, 6.45) is 1.61. The smallest absolute Gasteiger partial charge is 0.277 e. The van der Waals surface area contributed by atoms with Gasteiger partial charge in [-0.3, -0.25) is 9.59 Å². The minimum Gasteiger partial charge on any atom is -0.497 e. The van der Waals surface area contributed by atoms with Gasteiger partial charge in [0.25, 0.3) is 5.22 Å². The van der Waals surface area contributed by atoms with E-state index in [4.69, 9.17) is 9.15 Å². The first kappa shape index (κ1) is 20.4. The fourth-order valence-electron chi connectivity index (χ4n) is 3.71. The van der Waals surface area contributed by atoms with E-state index in [1.54, 1.807) is 18.9 Å². The van der Waals surface area contributed by atoms with E-state index in [0.717, 1.165) is 29.4 Å². The first-order valence-corrected chi connectivity index (χ1v) is 10.8. The number of Topliss-reactive ketones (excluding diaryl/α,β-unsaturated/α-hetero) is 1. The summed E-state index contributed by atoms with van der Waals surface area (Å²) in [4.78, 5) is 27.5. The fourth-order valence-corrected chi connectivity index (χ4v) is 4.42. The number of aromatic nitrogens is 2. The summed E-state index contributed by atoms with van der Waals surface area (Å²) in [7, 11) is 1.64. The molecule has 1 aliphatic rings. The van der Waals surface area contributed by atoms with Crippen molar-refractivity contribution in [2.24, 2.45) is 5.92 Å². The molecule has 7 nitrogen and oxygen atoms in total. The minimum atomic E-state index is -0.186. The summed E-state index contributed by atoms with van der Waals surface area (Å²) in [6, 6.07) is 11.5. The zero-order chi connectivity index (χ0) is 21.1. The maximum Gasteiger partial charge on any atom is 0.277 e. The molecule has 0 N–H and O–H groups in total. The van der Waals surface area contributed by atoms with Crippen LogP contribution in [-0.4, -0.2) is 52.7 Å². The van der Waals surface area contributed by atoms with Gasteiger partial charge in [0.1, 0.15) is 5.75 Å². The van der Waals surface area contributed by atoms with Gasteiger partial charge >= 0.3 is 0 Å². The van der Waals surface area contributed by atoms with Gasteiger partial charge in [-0.15, -0.1) is 10.2 Å². The van der Waals surface area contributed by atoms with Crippen LogP contribution in [0.1, 0.15) is 29.1 Å². The molecule has 1 aliphatic heterocycles. The van der Waals surface area contributed by atoms with Crippen molar-refractivity contribution in [3.8, 4) is 5.75 Å². The third-order valence-corrected chi connectivity index (χ3v) is 6.11. The number of fused-ring (bicyclic) bond motifs is 1. The predicted molar refractivity (Wildman–Crippen MR) is 114 cm³/mol. The number of benzene rings is 2. The molecule has 30 heavy (non-hydrogen) atoms. The Kier molecular flexibility index (Phi) is 6.03. The molecule has 0 saturated carbocycles. The van der Waals surface area contributed by atoms with Crippen molar-refractivity contribution in [2.45, 2.75) is 25.0 Å². The van der Waals surface area contributed by atoms with Gasteiger partial charge in [0, 0.05) is 31.5 Å². The molecule has 8 heteroatoms. The van der Waals surface area contributed by atoms with E-state index in [1.165, 1.54) is 11.8 Å². The van der Waals surface area contributed by atoms with Gasteiger partial charge in [-0.1, -0.05) is 30.0 Å². The van der Waals surface area contributed by atoms with Crippen LogP contribution in [0, 0.1) is 12.8 Å². The minimum absolute atomic E-state index is 0.0149. The summed E-state index contributed by atoms with van der Waals surface area (Å²) < 4.78 is 10.6. The monoisotopic (exact) mass is 425 g/mol. The zero-order valence-corrected chi connectivity index (χ0v) is 17.8. The number of carbonyl (C=O) groups is 2.